The first-order valence-corrected chi connectivity index (χ1v) is 6.33. The maximum absolute atomic E-state index is 12.5. The van der Waals surface area contributed by atoms with E-state index in [4.69, 9.17) is 0 Å². The van der Waals surface area contributed by atoms with E-state index in [2.05, 4.69) is 0 Å². The quantitative estimate of drug-likeness (QED) is 0.821. The van der Waals surface area contributed by atoms with Crippen molar-refractivity contribution in [2.45, 2.75) is 19.3 Å². The summed E-state index contributed by atoms with van der Waals surface area (Å²) in [6.07, 6.45) is 0.806. The number of phenols is 2. The van der Waals surface area contributed by atoms with Gasteiger partial charge in [-0.25, -0.2) is 0 Å². The van der Waals surface area contributed by atoms with Gasteiger partial charge in [-0.05, 0) is 29.7 Å². The van der Waals surface area contributed by atoms with Crippen molar-refractivity contribution in [3.8, 4) is 11.5 Å². The molecule has 0 saturated carbocycles. The third-order valence-electron chi connectivity index (χ3n) is 3.76. The number of carbonyl (C=O) groups excluding carboxylic acids is 1. The Balaban J connectivity index is 2.36. The Bertz CT molecular complexity index is 618. The number of hydrogen-bond donors (Lipinski definition) is 2. The smallest absolute Gasteiger partial charge is 0.201 e. The van der Waals surface area contributed by atoms with Crippen LogP contribution in [0.2, 0.25) is 0 Å². The van der Waals surface area contributed by atoms with Crippen molar-refractivity contribution < 1.29 is 15.0 Å². The van der Waals surface area contributed by atoms with E-state index in [0.29, 0.717) is 11.1 Å². The SMILES string of the molecule is CCC1c2cccc(O)c2C(=O)c2c(O)cccc21. The normalized spacial score (nSPS) is 14.1. The van der Waals surface area contributed by atoms with Gasteiger partial charge in [-0.2, -0.15) is 0 Å². The summed E-state index contributed by atoms with van der Waals surface area (Å²) < 4.78 is 0. The van der Waals surface area contributed by atoms with Gasteiger partial charge in [0, 0.05) is 5.92 Å². The van der Waals surface area contributed by atoms with Gasteiger partial charge < -0.3 is 10.2 Å². The molecule has 2 N–H and O–H groups in total. The first-order valence-electron chi connectivity index (χ1n) is 6.33. The predicted octanol–water partition coefficient (Wildman–Crippen LogP) is 3.18. The van der Waals surface area contributed by atoms with Crippen LogP contribution in [-0.4, -0.2) is 16.0 Å². The fourth-order valence-corrected chi connectivity index (χ4v) is 2.92. The summed E-state index contributed by atoms with van der Waals surface area (Å²) in [5.41, 5.74) is 2.32. The summed E-state index contributed by atoms with van der Waals surface area (Å²) in [6, 6.07) is 10.3. The van der Waals surface area contributed by atoms with Gasteiger partial charge in [0.2, 0.25) is 5.78 Å². The average molecular weight is 254 g/mol. The molecule has 2 aromatic rings. The third kappa shape index (κ3) is 1.55. The van der Waals surface area contributed by atoms with E-state index in [0.717, 1.165) is 17.5 Å². The van der Waals surface area contributed by atoms with E-state index in [-0.39, 0.29) is 23.2 Å². The van der Waals surface area contributed by atoms with E-state index in [1.807, 2.05) is 19.1 Å². The van der Waals surface area contributed by atoms with Gasteiger partial charge >= 0.3 is 0 Å². The fraction of sp³-hybridized carbons (Fsp3) is 0.188. The molecule has 0 bridgehead atoms. The summed E-state index contributed by atoms with van der Waals surface area (Å²) in [6.45, 7) is 2.03. The van der Waals surface area contributed by atoms with Crippen LogP contribution in [0, 0.1) is 0 Å². The van der Waals surface area contributed by atoms with Crippen molar-refractivity contribution in [1.29, 1.82) is 0 Å². The molecule has 2 aromatic carbocycles. The molecule has 0 radical (unpaired) electrons. The molecule has 0 aliphatic heterocycles. The minimum Gasteiger partial charge on any atom is -0.507 e. The van der Waals surface area contributed by atoms with Crippen LogP contribution in [0.25, 0.3) is 0 Å². The Kier molecular flexibility index (Phi) is 2.56. The highest BCUT2D eigenvalue weighted by Crippen LogP contribution is 2.43. The molecular weight excluding hydrogens is 240 g/mol. The zero-order chi connectivity index (χ0) is 13.6. The molecule has 0 fully saturated rings. The first kappa shape index (κ1) is 11.8. The molecule has 0 unspecified atom stereocenters. The molecule has 19 heavy (non-hydrogen) atoms. The van der Waals surface area contributed by atoms with Gasteiger partial charge in [0.1, 0.15) is 11.5 Å². The molecule has 0 saturated heterocycles. The fourth-order valence-electron chi connectivity index (χ4n) is 2.92. The molecule has 3 heteroatoms. The summed E-state index contributed by atoms with van der Waals surface area (Å²) in [5, 5.41) is 19.9. The topological polar surface area (TPSA) is 57.5 Å². The standard InChI is InChI=1S/C16H14O3/c1-2-9-10-5-3-7-12(17)14(10)16(19)15-11(9)6-4-8-13(15)18/h3-9,17-18H,2H2,1H3. The maximum Gasteiger partial charge on any atom is 0.201 e. The molecular formula is C16H14O3. The van der Waals surface area contributed by atoms with E-state index >= 15 is 0 Å². The Morgan fingerprint density at radius 2 is 1.42 bits per heavy atom. The molecule has 0 heterocycles. The second-order valence-corrected chi connectivity index (χ2v) is 4.77. The highest BCUT2D eigenvalue weighted by Gasteiger charge is 2.33. The van der Waals surface area contributed by atoms with Crippen LogP contribution < -0.4 is 0 Å². The summed E-state index contributed by atoms with van der Waals surface area (Å²) >= 11 is 0. The number of rotatable bonds is 1. The number of phenolic OH excluding ortho intramolecular Hbond substituents is 2. The molecule has 0 atom stereocenters. The van der Waals surface area contributed by atoms with Crippen LogP contribution in [0.15, 0.2) is 36.4 Å². The molecule has 1 aliphatic carbocycles. The lowest BCUT2D eigenvalue weighted by atomic mass is 9.75. The monoisotopic (exact) mass is 254 g/mol. The average Bonchev–Trinajstić information content (AvgIpc) is 2.39. The van der Waals surface area contributed by atoms with E-state index in [1.54, 1.807) is 12.1 Å². The Hall–Kier alpha value is -2.29. The lowest BCUT2D eigenvalue weighted by Crippen LogP contribution is -2.19. The number of hydrogen-bond acceptors (Lipinski definition) is 3. The van der Waals surface area contributed by atoms with Gasteiger partial charge in [-0.1, -0.05) is 31.2 Å². The number of fused-ring (bicyclic) bond motifs is 2. The molecule has 0 aromatic heterocycles. The zero-order valence-corrected chi connectivity index (χ0v) is 10.6. The van der Waals surface area contributed by atoms with Crippen LogP contribution in [0.4, 0.5) is 0 Å². The Labute approximate surface area is 111 Å². The highest BCUT2D eigenvalue weighted by molar-refractivity contribution is 6.15. The van der Waals surface area contributed by atoms with Crippen molar-refractivity contribution in [1.82, 2.24) is 0 Å². The van der Waals surface area contributed by atoms with Crippen molar-refractivity contribution in [3.63, 3.8) is 0 Å². The second-order valence-electron chi connectivity index (χ2n) is 4.77. The second kappa shape index (κ2) is 4.12. The third-order valence-corrected chi connectivity index (χ3v) is 3.76. The number of ketones is 1. The molecule has 0 spiro atoms. The van der Waals surface area contributed by atoms with Gasteiger partial charge in [0.05, 0.1) is 11.1 Å². The lowest BCUT2D eigenvalue weighted by Gasteiger charge is -2.27. The number of aromatic hydroxyl groups is 2. The number of carbonyl (C=O) groups is 1. The van der Waals surface area contributed by atoms with Crippen molar-refractivity contribution in [2.24, 2.45) is 0 Å². The minimum absolute atomic E-state index is 0.0187. The molecule has 3 nitrogen and oxygen atoms in total. The van der Waals surface area contributed by atoms with Gasteiger partial charge in [0.25, 0.3) is 0 Å². The van der Waals surface area contributed by atoms with Crippen LogP contribution in [0.5, 0.6) is 11.5 Å². The maximum atomic E-state index is 12.5. The van der Waals surface area contributed by atoms with Gasteiger partial charge in [0.15, 0.2) is 0 Å². The van der Waals surface area contributed by atoms with Crippen molar-refractivity contribution in [3.05, 3.63) is 58.7 Å². The largest absolute Gasteiger partial charge is 0.507 e. The van der Waals surface area contributed by atoms with Crippen LogP contribution in [-0.2, 0) is 0 Å². The molecule has 0 amide bonds. The molecule has 96 valence electrons. The highest BCUT2D eigenvalue weighted by atomic mass is 16.3. The van der Waals surface area contributed by atoms with E-state index < -0.39 is 0 Å². The first-order chi connectivity index (χ1) is 9.15. The van der Waals surface area contributed by atoms with Crippen LogP contribution >= 0.6 is 0 Å². The van der Waals surface area contributed by atoms with Gasteiger partial charge in [-0.3, -0.25) is 4.79 Å². The van der Waals surface area contributed by atoms with E-state index in [9.17, 15) is 15.0 Å². The van der Waals surface area contributed by atoms with Crippen molar-refractivity contribution >= 4 is 5.78 Å². The van der Waals surface area contributed by atoms with E-state index in [1.165, 1.54) is 12.1 Å². The summed E-state index contributed by atoms with van der Waals surface area (Å²) in [4.78, 5) is 12.5. The Morgan fingerprint density at radius 1 is 0.947 bits per heavy atom. The summed E-state index contributed by atoms with van der Waals surface area (Å²) in [7, 11) is 0. The number of benzene rings is 2. The van der Waals surface area contributed by atoms with Gasteiger partial charge in [-0.15, -0.1) is 0 Å². The minimum atomic E-state index is -0.300. The molecule has 3 rings (SSSR count). The zero-order valence-electron chi connectivity index (χ0n) is 10.6. The van der Waals surface area contributed by atoms with Crippen LogP contribution in [0.1, 0.15) is 46.3 Å². The van der Waals surface area contributed by atoms with Crippen molar-refractivity contribution in [2.75, 3.05) is 0 Å². The predicted molar refractivity (Wildman–Crippen MR) is 71.8 cm³/mol. The molecule has 1 aliphatic rings. The van der Waals surface area contributed by atoms with Crippen LogP contribution in [0.3, 0.4) is 0 Å². The Morgan fingerprint density at radius 3 is 1.84 bits per heavy atom. The lowest BCUT2D eigenvalue weighted by molar-refractivity contribution is 0.102. The summed E-state index contributed by atoms with van der Waals surface area (Å²) in [5.74, 6) is -0.308.